The third-order valence-electron chi connectivity index (χ3n) is 3.63. The van der Waals surface area contributed by atoms with Crippen LogP contribution in [0.1, 0.15) is 11.1 Å². The molecule has 0 unspecified atom stereocenters. The molecule has 25 heavy (non-hydrogen) atoms. The minimum Gasteiger partial charge on any atom is -0.354 e. The monoisotopic (exact) mass is 380 g/mol. The van der Waals surface area contributed by atoms with Crippen LogP contribution in [0.25, 0.3) is 0 Å². The summed E-state index contributed by atoms with van der Waals surface area (Å²) in [6.07, 6.45) is 1.71. The number of carbonyl (C=O) groups excluding carboxylic acids is 1. The van der Waals surface area contributed by atoms with Crippen molar-refractivity contribution in [1.29, 1.82) is 0 Å². The van der Waals surface area contributed by atoms with Gasteiger partial charge in [0, 0.05) is 11.6 Å². The van der Waals surface area contributed by atoms with Crippen molar-refractivity contribution in [3.8, 4) is 0 Å². The molecule has 0 aliphatic heterocycles. The van der Waals surface area contributed by atoms with E-state index in [0.29, 0.717) is 23.7 Å². The van der Waals surface area contributed by atoms with E-state index < -0.39 is 10.0 Å². The summed E-state index contributed by atoms with van der Waals surface area (Å²) in [4.78, 5) is 12.2. The van der Waals surface area contributed by atoms with E-state index in [2.05, 4.69) is 5.32 Å². The van der Waals surface area contributed by atoms with Crippen molar-refractivity contribution in [2.75, 3.05) is 23.7 Å². The van der Waals surface area contributed by atoms with Gasteiger partial charge in [-0.1, -0.05) is 41.4 Å². The van der Waals surface area contributed by atoms with Crippen LogP contribution in [0.5, 0.6) is 0 Å². The number of sulfonamides is 1. The fraction of sp³-hybridized carbons (Fsp3) is 0.278. The second-order valence-electron chi connectivity index (χ2n) is 5.84. The van der Waals surface area contributed by atoms with Crippen molar-refractivity contribution in [1.82, 2.24) is 5.32 Å². The van der Waals surface area contributed by atoms with E-state index in [1.165, 1.54) is 0 Å². The highest BCUT2D eigenvalue weighted by Crippen LogP contribution is 2.17. The number of aryl methyl sites for hydroxylation is 1. The highest BCUT2D eigenvalue weighted by atomic mass is 35.5. The number of nitrogens with one attached hydrogen (secondary N) is 1. The topological polar surface area (TPSA) is 66.5 Å². The van der Waals surface area contributed by atoms with Crippen LogP contribution in [-0.4, -0.2) is 33.7 Å². The first-order valence-corrected chi connectivity index (χ1v) is 10.0. The zero-order valence-electron chi connectivity index (χ0n) is 14.2. The SMILES string of the molecule is Cc1ccc(N(CC(=O)NCCc2cccc(Cl)c2)S(C)(=O)=O)cc1. The first-order chi connectivity index (χ1) is 11.8. The molecule has 0 radical (unpaired) electrons. The molecule has 2 rings (SSSR count). The molecular formula is C18H21ClN2O3S. The largest absolute Gasteiger partial charge is 0.354 e. The Hall–Kier alpha value is -2.05. The highest BCUT2D eigenvalue weighted by Gasteiger charge is 2.20. The van der Waals surface area contributed by atoms with Crippen LogP contribution in [0.4, 0.5) is 5.69 Å². The molecule has 0 heterocycles. The Morgan fingerprint density at radius 3 is 2.44 bits per heavy atom. The summed E-state index contributed by atoms with van der Waals surface area (Å²) in [5.74, 6) is -0.354. The molecular weight excluding hydrogens is 360 g/mol. The third-order valence-corrected chi connectivity index (χ3v) is 5.01. The van der Waals surface area contributed by atoms with Gasteiger partial charge < -0.3 is 5.32 Å². The molecule has 134 valence electrons. The fourth-order valence-electron chi connectivity index (χ4n) is 2.34. The number of anilines is 1. The van der Waals surface area contributed by atoms with Crippen molar-refractivity contribution >= 4 is 33.2 Å². The second kappa shape index (κ2) is 8.36. The maximum Gasteiger partial charge on any atom is 0.240 e. The van der Waals surface area contributed by atoms with Gasteiger partial charge in [-0.3, -0.25) is 9.10 Å². The maximum atomic E-state index is 12.2. The molecule has 2 aromatic rings. The number of carbonyl (C=O) groups is 1. The number of halogens is 1. The Labute approximate surface area is 153 Å². The smallest absolute Gasteiger partial charge is 0.240 e. The second-order valence-corrected chi connectivity index (χ2v) is 8.18. The maximum absolute atomic E-state index is 12.2. The van der Waals surface area contributed by atoms with Crippen LogP contribution in [0.3, 0.4) is 0 Å². The summed E-state index contributed by atoms with van der Waals surface area (Å²) in [5.41, 5.74) is 2.49. The van der Waals surface area contributed by atoms with E-state index in [4.69, 9.17) is 11.6 Å². The van der Waals surface area contributed by atoms with Gasteiger partial charge in [0.05, 0.1) is 11.9 Å². The van der Waals surface area contributed by atoms with Gasteiger partial charge >= 0.3 is 0 Å². The highest BCUT2D eigenvalue weighted by molar-refractivity contribution is 7.92. The van der Waals surface area contributed by atoms with Crippen LogP contribution >= 0.6 is 11.6 Å². The van der Waals surface area contributed by atoms with Crippen LogP contribution in [-0.2, 0) is 21.2 Å². The first-order valence-electron chi connectivity index (χ1n) is 7.81. The molecule has 0 bridgehead atoms. The summed E-state index contributed by atoms with van der Waals surface area (Å²) < 4.78 is 25.1. The number of rotatable bonds is 7. The normalized spacial score (nSPS) is 11.2. The summed E-state index contributed by atoms with van der Waals surface area (Å²) in [7, 11) is -3.55. The molecule has 2 aromatic carbocycles. The molecule has 0 fully saturated rings. The molecule has 1 amide bonds. The van der Waals surface area contributed by atoms with E-state index in [0.717, 1.165) is 21.7 Å². The lowest BCUT2D eigenvalue weighted by atomic mass is 10.1. The number of amides is 1. The van der Waals surface area contributed by atoms with Gasteiger partial charge in [-0.15, -0.1) is 0 Å². The van der Waals surface area contributed by atoms with Gasteiger partial charge in [-0.05, 0) is 43.2 Å². The molecule has 0 atom stereocenters. The molecule has 1 N–H and O–H groups in total. The average Bonchev–Trinajstić information content (AvgIpc) is 2.53. The van der Waals surface area contributed by atoms with Crippen molar-refractivity contribution in [2.24, 2.45) is 0 Å². The Morgan fingerprint density at radius 1 is 1.16 bits per heavy atom. The number of hydrogen-bond acceptors (Lipinski definition) is 3. The first kappa shape index (κ1) is 19.3. The van der Waals surface area contributed by atoms with Gasteiger partial charge in [0.25, 0.3) is 0 Å². The van der Waals surface area contributed by atoms with E-state index >= 15 is 0 Å². The van der Waals surface area contributed by atoms with Crippen LogP contribution in [0.2, 0.25) is 5.02 Å². The zero-order chi connectivity index (χ0) is 18.4. The van der Waals surface area contributed by atoms with Crippen LogP contribution < -0.4 is 9.62 Å². The number of benzene rings is 2. The Kier molecular flexibility index (Phi) is 6.45. The number of nitrogens with zero attached hydrogens (tertiary/aromatic N) is 1. The molecule has 0 saturated carbocycles. The van der Waals surface area contributed by atoms with E-state index in [-0.39, 0.29) is 12.5 Å². The van der Waals surface area contributed by atoms with Crippen molar-refractivity contribution < 1.29 is 13.2 Å². The molecule has 0 aromatic heterocycles. The van der Waals surface area contributed by atoms with Crippen molar-refractivity contribution in [3.05, 3.63) is 64.7 Å². The lowest BCUT2D eigenvalue weighted by Crippen LogP contribution is -2.40. The minimum absolute atomic E-state index is 0.253. The average molecular weight is 381 g/mol. The molecule has 0 aliphatic rings. The van der Waals surface area contributed by atoms with Crippen LogP contribution in [0, 0.1) is 6.92 Å². The predicted octanol–water partition coefficient (Wildman–Crippen LogP) is 2.77. The standard InChI is InChI=1S/C18H21ClN2O3S/c1-14-6-8-17(9-7-14)21(25(2,23)24)13-18(22)20-11-10-15-4-3-5-16(19)12-15/h3-9,12H,10-11,13H2,1-2H3,(H,20,22). The molecule has 7 heteroatoms. The van der Waals surface area contributed by atoms with Crippen LogP contribution in [0.15, 0.2) is 48.5 Å². The predicted molar refractivity (Wildman–Crippen MR) is 102 cm³/mol. The van der Waals surface area contributed by atoms with Crippen molar-refractivity contribution in [2.45, 2.75) is 13.3 Å². The summed E-state index contributed by atoms with van der Waals surface area (Å²) >= 11 is 5.92. The minimum atomic E-state index is -3.55. The third kappa shape index (κ3) is 6.07. The van der Waals surface area contributed by atoms with Gasteiger partial charge in [0.1, 0.15) is 6.54 Å². The van der Waals surface area contributed by atoms with Crippen molar-refractivity contribution in [3.63, 3.8) is 0 Å². The van der Waals surface area contributed by atoms with Gasteiger partial charge in [-0.25, -0.2) is 8.42 Å². The van der Waals surface area contributed by atoms with Gasteiger partial charge in [0.15, 0.2) is 0 Å². The number of hydrogen-bond donors (Lipinski definition) is 1. The molecule has 0 saturated heterocycles. The lowest BCUT2D eigenvalue weighted by Gasteiger charge is -2.22. The quantitative estimate of drug-likeness (QED) is 0.803. The van der Waals surface area contributed by atoms with Gasteiger partial charge in [-0.2, -0.15) is 0 Å². The Morgan fingerprint density at radius 2 is 1.84 bits per heavy atom. The summed E-state index contributed by atoms with van der Waals surface area (Å²) in [6.45, 7) is 2.07. The fourth-order valence-corrected chi connectivity index (χ4v) is 3.41. The summed E-state index contributed by atoms with van der Waals surface area (Å²) in [6, 6.07) is 14.4. The van der Waals surface area contributed by atoms with Gasteiger partial charge in [0.2, 0.25) is 15.9 Å². The van der Waals surface area contributed by atoms with E-state index in [1.807, 2.05) is 37.3 Å². The molecule has 0 spiro atoms. The zero-order valence-corrected chi connectivity index (χ0v) is 15.8. The lowest BCUT2D eigenvalue weighted by molar-refractivity contribution is -0.119. The van der Waals surface area contributed by atoms with E-state index in [9.17, 15) is 13.2 Å². The Bertz CT molecular complexity index is 836. The van der Waals surface area contributed by atoms with E-state index in [1.54, 1.807) is 18.2 Å². The molecule has 0 aliphatic carbocycles. The Balaban J connectivity index is 1.96. The summed E-state index contributed by atoms with van der Waals surface area (Å²) in [5, 5.41) is 3.39. The molecule has 5 nitrogen and oxygen atoms in total.